The Hall–Kier alpha value is -0.400. The summed E-state index contributed by atoms with van der Waals surface area (Å²) >= 11 is 0. The molecule has 10 nitrogen and oxygen atoms in total. The Bertz CT molecular complexity index is 393. The molecular formula is C13H24O10. The molecule has 0 aromatic rings. The van der Waals surface area contributed by atoms with Crippen LogP contribution in [0, 0.1) is 5.92 Å². The molecule has 1 saturated heterocycles. The highest BCUT2D eigenvalue weighted by Gasteiger charge is 2.56. The summed E-state index contributed by atoms with van der Waals surface area (Å²) in [5.41, 5.74) is -1.72. The first-order valence-corrected chi connectivity index (χ1v) is 7.37. The number of hydrogen-bond acceptors (Lipinski definition) is 10. The molecule has 3 unspecified atom stereocenters. The van der Waals surface area contributed by atoms with Crippen LogP contribution in [0.2, 0.25) is 0 Å². The third-order valence-corrected chi connectivity index (χ3v) is 4.65. The molecule has 9 atom stereocenters. The van der Waals surface area contributed by atoms with Gasteiger partial charge in [-0.2, -0.15) is 0 Å². The Balaban J connectivity index is 2.18. The van der Waals surface area contributed by atoms with Gasteiger partial charge in [0.25, 0.3) is 0 Å². The Morgan fingerprint density at radius 1 is 0.870 bits per heavy atom. The quantitative estimate of drug-likeness (QED) is 0.242. The molecule has 8 N–H and O–H groups in total. The van der Waals surface area contributed by atoms with E-state index >= 15 is 0 Å². The second-order valence-corrected chi connectivity index (χ2v) is 6.12. The van der Waals surface area contributed by atoms with Crippen molar-refractivity contribution >= 4 is 0 Å². The van der Waals surface area contributed by atoms with E-state index in [0.717, 1.165) is 0 Å². The minimum absolute atomic E-state index is 0.114. The summed E-state index contributed by atoms with van der Waals surface area (Å²) < 4.78 is 10.6. The van der Waals surface area contributed by atoms with Gasteiger partial charge in [0.05, 0.1) is 19.3 Å². The molecule has 136 valence electrons. The molecule has 1 aliphatic carbocycles. The van der Waals surface area contributed by atoms with Crippen molar-refractivity contribution in [2.75, 3.05) is 19.8 Å². The molecule has 0 bridgehead atoms. The zero-order valence-electron chi connectivity index (χ0n) is 12.3. The van der Waals surface area contributed by atoms with E-state index in [4.69, 9.17) is 14.6 Å². The van der Waals surface area contributed by atoms with Gasteiger partial charge >= 0.3 is 0 Å². The van der Waals surface area contributed by atoms with Gasteiger partial charge in [-0.1, -0.05) is 0 Å². The summed E-state index contributed by atoms with van der Waals surface area (Å²) in [7, 11) is 0. The first kappa shape index (κ1) is 18.9. The van der Waals surface area contributed by atoms with Crippen molar-refractivity contribution in [2.45, 2.75) is 54.9 Å². The van der Waals surface area contributed by atoms with E-state index in [2.05, 4.69) is 0 Å². The first-order chi connectivity index (χ1) is 10.8. The average Bonchev–Trinajstić information content (AvgIpc) is 2.80. The lowest BCUT2D eigenvalue weighted by molar-refractivity contribution is -0.338. The van der Waals surface area contributed by atoms with Crippen LogP contribution in [0.1, 0.15) is 6.42 Å². The van der Waals surface area contributed by atoms with Gasteiger partial charge in [-0.15, -0.1) is 0 Å². The summed E-state index contributed by atoms with van der Waals surface area (Å²) in [6.07, 6.45) is -10.7. The van der Waals surface area contributed by atoms with Gasteiger partial charge in [0.2, 0.25) is 0 Å². The molecule has 0 spiro atoms. The lowest BCUT2D eigenvalue weighted by Crippen LogP contribution is -2.62. The van der Waals surface area contributed by atoms with Crippen LogP contribution in [0.15, 0.2) is 0 Å². The van der Waals surface area contributed by atoms with Gasteiger partial charge in [0, 0.05) is 12.5 Å². The van der Waals surface area contributed by atoms with E-state index in [1.54, 1.807) is 0 Å². The van der Waals surface area contributed by atoms with Gasteiger partial charge < -0.3 is 50.3 Å². The van der Waals surface area contributed by atoms with Gasteiger partial charge in [-0.3, -0.25) is 0 Å². The normalized spacial score (nSPS) is 51.1. The van der Waals surface area contributed by atoms with E-state index < -0.39 is 74.3 Å². The highest BCUT2D eigenvalue weighted by Crippen LogP contribution is 2.40. The Labute approximate surface area is 132 Å². The van der Waals surface area contributed by atoms with Crippen molar-refractivity contribution in [3.8, 4) is 0 Å². The third kappa shape index (κ3) is 3.24. The monoisotopic (exact) mass is 340 g/mol. The Kier molecular flexibility index (Phi) is 5.95. The number of rotatable bonds is 5. The maximum absolute atomic E-state index is 10.1. The van der Waals surface area contributed by atoms with Crippen molar-refractivity contribution in [3.63, 3.8) is 0 Å². The molecule has 10 heteroatoms. The number of aliphatic hydroxyl groups excluding tert-OH is 8. The van der Waals surface area contributed by atoms with E-state index in [9.17, 15) is 35.7 Å². The van der Waals surface area contributed by atoms with Gasteiger partial charge in [0.1, 0.15) is 36.1 Å². The second kappa shape index (κ2) is 7.23. The molecule has 2 fully saturated rings. The molecule has 1 aliphatic heterocycles. The molecule has 1 saturated carbocycles. The lowest BCUT2D eigenvalue weighted by Gasteiger charge is -2.43. The van der Waals surface area contributed by atoms with Crippen molar-refractivity contribution in [1.82, 2.24) is 0 Å². The van der Waals surface area contributed by atoms with E-state index in [1.807, 2.05) is 0 Å². The maximum atomic E-state index is 10.1. The van der Waals surface area contributed by atoms with Crippen molar-refractivity contribution in [3.05, 3.63) is 0 Å². The summed E-state index contributed by atoms with van der Waals surface area (Å²) in [6.45, 7) is -1.84. The largest absolute Gasteiger partial charge is 0.396 e. The maximum Gasteiger partial charge on any atom is 0.187 e. The van der Waals surface area contributed by atoms with E-state index in [1.165, 1.54) is 0 Å². The zero-order valence-corrected chi connectivity index (χ0v) is 12.3. The Morgan fingerprint density at radius 2 is 1.52 bits per heavy atom. The minimum atomic E-state index is -1.72. The molecule has 0 aromatic heterocycles. The van der Waals surface area contributed by atoms with Crippen molar-refractivity contribution in [2.24, 2.45) is 5.92 Å². The first-order valence-electron chi connectivity index (χ1n) is 7.37. The number of hydrogen-bond donors (Lipinski definition) is 8. The fourth-order valence-corrected chi connectivity index (χ4v) is 3.14. The van der Waals surface area contributed by atoms with Crippen molar-refractivity contribution in [1.29, 1.82) is 0 Å². The SMILES string of the molecule is OCC1OC(O[C@]2(CO)CC(CO)[C@H](O)[C@H]2O)[C@@H](O)[C@H](O)[C@@H]1O. The predicted octanol–water partition coefficient (Wildman–Crippen LogP) is -4.73. The molecule has 2 rings (SSSR count). The fourth-order valence-electron chi connectivity index (χ4n) is 3.14. The van der Waals surface area contributed by atoms with E-state index in [-0.39, 0.29) is 6.42 Å². The zero-order chi connectivity index (χ0) is 17.4. The molecule has 2 aliphatic rings. The molecule has 0 aromatic carbocycles. The predicted molar refractivity (Wildman–Crippen MR) is 71.9 cm³/mol. The van der Waals surface area contributed by atoms with Crippen LogP contribution in [-0.2, 0) is 9.47 Å². The molecule has 0 amide bonds. The number of aliphatic hydroxyl groups is 8. The Morgan fingerprint density at radius 3 is 2.00 bits per heavy atom. The summed E-state index contributed by atoms with van der Waals surface area (Å²) in [4.78, 5) is 0. The smallest absolute Gasteiger partial charge is 0.187 e. The molecule has 1 heterocycles. The van der Waals surface area contributed by atoms with Crippen molar-refractivity contribution < 1.29 is 50.3 Å². The fraction of sp³-hybridized carbons (Fsp3) is 1.00. The summed E-state index contributed by atoms with van der Waals surface area (Å²) in [5, 5.41) is 77.3. The molecular weight excluding hydrogens is 316 g/mol. The van der Waals surface area contributed by atoms with Crippen LogP contribution >= 0.6 is 0 Å². The van der Waals surface area contributed by atoms with Gasteiger partial charge in [0.15, 0.2) is 6.29 Å². The van der Waals surface area contributed by atoms with Crippen LogP contribution < -0.4 is 0 Å². The third-order valence-electron chi connectivity index (χ3n) is 4.65. The van der Waals surface area contributed by atoms with Gasteiger partial charge in [-0.25, -0.2) is 0 Å². The van der Waals surface area contributed by atoms with Crippen LogP contribution in [0.3, 0.4) is 0 Å². The van der Waals surface area contributed by atoms with Crippen LogP contribution in [-0.4, -0.2) is 109 Å². The molecule has 23 heavy (non-hydrogen) atoms. The standard InChI is InChI=1S/C13H24O10/c14-2-5-1-13(4-16,11(21)7(5)17)23-12-10(20)9(19)8(18)6(3-15)22-12/h5-12,14-21H,1-4H2/t5?,6?,7-,8+,9+,10-,11+,12?,13-/m0/s1. The van der Waals surface area contributed by atoms with Gasteiger partial charge in [-0.05, 0) is 6.42 Å². The van der Waals surface area contributed by atoms with Crippen LogP contribution in [0.5, 0.6) is 0 Å². The summed E-state index contributed by atoms with van der Waals surface area (Å²) in [5.74, 6) is -0.748. The molecule has 0 radical (unpaired) electrons. The number of ether oxygens (including phenoxy) is 2. The average molecular weight is 340 g/mol. The minimum Gasteiger partial charge on any atom is -0.396 e. The second-order valence-electron chi connectivity index (χ2n) is 6.12. The summed E-state index contributed by atoms with van der Waals surface area (Å²) in [6, 6.07) is 0. The van der Waals surface area contributed by atoms with Crippen LogP contribution in [0.25, 0.3) is 0 Å². The highest BCUT2D eigenvalue weighted by molar-refractivity contribution is 5.04. The highest BCUT2D eigenvalue weighted by atomic mass is 16.7. The topological polar surface area (TPSA) is 180 Å². The lowest BCUT2D eigenvalue weighted by atomic mass is 9.96. The van der Waals surface area contributed by atoms with E-state index in [0.29, 0.717) is 0 Å². The van der Waals surface area contributed by atoms with Crippen LogP contribution in [0.4, 0.5) is 0 Å².